The largest absolute Gasteiger partial charge is 0.297 e. The normalized spacial score (nSPS) is 12.6. The van der Waals surface area contributed by atoms with Crippen molar-refractivity contribution in [2.24, 2.45) is 11.3 Å². The number of rotatable bonds is 3. The Balaban J connectivity index is 3.05. The fourth-order valence-corrected chi connectivity index (χ4v) is 1.71. The van der Waals surface area contributed by atoms with Crippen molar-refractivity contribution in [2.75, 3.05) is 0 Å². The number of nitrogens with zero attached hydrogens (tertiary/aromatic N) is 1. The third kappa shape index (κ3) is 3.27. The van der Waals surface area contributed by atoms with Crippen molar-refractivity contribution < 1.29 is 9.59 Å². The zero-order valence-corrected chi connectivity index (χ0v) is 12.1. The number of nitriles is 1. The molecule has 0 fully saturated rings. The van der Waals surface area contributed by atoms with Crippen molar-refractivity contribution >= 4 is 27.5 Å². The van der Waals surface area contributed by atoms with E-state index in [1.165, 1.54) is 0 Å². The van der Waals surface area contributed by atoms with Gasteiger partial charge in [0.1, 0.15) is 0 Å². The van der Waals surface area contributed by atoms with Crippen molar-refractivity contribution in [1.29, 1.82) is 5.26 Å². The topological polar surface area (TPSA) is 57.9 Å². The number of carbonyl (C=O) groups is 2. The Morgan fingerprint density at radius 3 is 2.11 bits per heavy atom. The highest BCUT2D eigenvalue weighted by Crippen LogP contribution is 2.23. The van der Waals surface area contributed by atoms with Gasteiger partial charge in [0.2, 0.25) is 0 Å². The summed E-state index contributed by atoms with van der Waals surface area (Å²) in [5, 5.41) is 9.05. The fourth-order valence-electron chi connectivity index (χ4n) is 1.45. The number of ketones is 2. The molecular formula is C14H14BrNO2. The van der Waals surface area contributed by atoms with Gasteiger partial charge in [-0.05, 0) is 12.1 Å². The molecule has 94 valence electrons. The summed E-state index contributed by atoms with van der Waals surface area (Å²) in [4.78, 5) is 24.1. The molecule has 0 aliphatic heterocycles. The Hall–Kier alpha value is -1.47. The zero-order chi connectivity index (χ0) is 13.9. The average Bonchev–Trinajstić information content (AvgIpc) is 2.29. The van der Waals surface area contributed by atoms with Crippen molar-refractivity contribution in [3.63, 3.8) is 0 Å². The van der Waals surface area contributed by atoms with Crippen LogP contribution in [0.15, 0.2) is 28.7 Å². The van der Waals surface area contributed by atoms with Crippen LogP contribution in [0.1, 0.15) is 31.1 Å². The van der Waals surface area contributed by atoms with Gasteiger partial charge in [0.15, 0.2) is 17.5 Å². The van der Waals surface area contributed by atoms with Gasteiger partial charge in [-0.1, -0.05) is 48.8 Å². The Labute approximate surface area is 115 Å². The number of halogens is 1. The van der Waals surface area contributed by atoms with E-state index in [4.69, 9.17) is 5.26 Å². The van der Waals surface area contributed by atoms with Crippen LogP contribution in [0.5, 0.6) is 0 Å². The molecule has 1 aromatic carbocycles. The summed E-state index contributed by atoms with van der Waals surface area (Å²) in [5.74, 6) is -2.02. The Kier molecular flexibility index (Phi) is 4.42. The maximum Gasteiger partial charge on any atom is 0.187 e. The van der Waals surface area contributed by atoms with Gasteiger partial charge in [0.25, 0.3) is 0 Å². The molecule has 0 aromatic heterocycles. The lowest BCUT2D eigenvalue weighted by Crippen LogP contribution is -2.32. The van der Waals surface area contributed by atoms with Crippen LogP contribution in [0.4, 0.5) is 0 Å². The van der Waals surface area contributed by atoms with E-state index in [0.717, 1.165) is 4.47 Å². The number of hydrogen-bond donors (Lipinski definition) is 0. The minimum atomic E-state index is -1.23. The fraction of sp³-hybridized carbons (Fsp3) is 0.357. The van der Waals surface area contributed by atoms with Gasteiger partial charge in [-0.2, -0.15) is 5.26 Å². The maximum atomic E-state index is 12.1. The van der Waals surface area contributed by atoms with Gasteiger partial charge < -0.3 is 0 Å². The quantitative estimate of drug-likeness (QED) is 0.635. The molecule has 0 heterocycles. The molecule has 18 heavy (non-hydrogen) atoms. The Morgan fingerprint density at radius 1 is 1.22 bits per heavy atom. The monoisotopic (exact) mass is 307 g/mol. The second-order valence-corrected chi connectivity index (χ2v) is 5.96. The predicted molar refractivity (Wildman–Crippen MR) is 72.0 cm³/mol. The number of benzene rings is 1. The second-order valence-electron chi connectivity index (χ2n) is 5.05. The van der Waals surface area contributed by atoms with Gasteiger partial charge in [0, 0.05) is 15.5 Å². The SMILES string of the molecule is CC(C)(C)C(=O)[C@H](C#N)C(=O)c1ccc(Br)cc1. The molecule has 0 bridgehead atoms. The van der Waals surface area contributed by atoms with E-state index in [9.17, 15) is 9.59 Å². The predicted octanol–water partition coefficient (Wildman–Crippen LogP) is 3.39. The van der Waals surface area contributed by atoms with Crippen LogP contribution in [-0.2, 0) is 4.79 Å². The molecular weight excluding hydrogens is 294 g/mol. The minimum Gasteiger partial charge on any atom is -0.297 e. The molecule has 0 radical (unpaired) electrons. The van der Waals surface area contributed by atoms with E-state index in [1.807, 2.05) is 6.07 Å². The van der Waals surface area contributed by atoms with E-state index >= 15 is 0 Å². The minimum absolute atomic E-state index is 0.349. The summed E-state index contributed by atoms with van der Waals surface area (Å²) in [5.41, 5.74) is -0.326. The number of Topliss-reactive ketones (excluding diaryl/α,β-unsaturated/α-hetero) is 2. The van der Waals surface area contributed by atoms with Gasteiger partial charge in [-0.3, -0.25) is 9.59 Å². The highest BCUT2D eigenvalue weighted by Gasteiger charge is 2.35. The van der Waals surface area contributed by atoms with Crippen LogP contribution in [0, 0.1) is 22.7 Å². The molecule has 0 spiro atoms. The maximum absolute atomic E-state index is 12.1. The average molecular weight is 308 g/mol. The van der Waals surface area contributed by atoms with Gasteiger partial charge in [0.05, 0.1) is 6.07 Å². The standard InChI is InChI=1S/C14H14BrNO2/c1-14(2,3)13(18)11(8-16)12(17)9-4-6-10(15)7-5-9/h4-7,11H,1-3H3/t11-/m1/s1. The lowest BCUT2D eigenvalue weighted by Gasteiger charge is -2.19. The van der Waals surface area contributed by atoms with Crippen LogP contribution in [0.3, 0.4) is 0 Å². The van der Waals surface area contributed by atoms with Crippen LogP contribution >= 0.6 is 15.9 Å². The lowest BCUT2D eigenvalue weighted by atomic mass is 9.80. The lowest BCUT2D eigenvalue weighted by molar-refractivity contribution is -0.127. The van der Waals surface area contributed by atoms with E-state index in [-0.39, 0.29) is 5.78 Å². The molecule has 0 saturated heterocycles. The van der Waals surface area contributed by atoms with Gasteiger partial charge >= 0.3 is 0 Å². The van der Waals surface area contributed by atoms with Gasteiger partial charge in [-0.25, -0.2) is 0 Å². The highest BCUT2D eigenvalue weighted by atomic mass is 79.9. The summed E-state index contributed by atoms with van der Waals surface area (Å²) in [6, 6.07) is 8.44. The van der Waals surface area contributed by atoms with E-state index < -0.39 is 17.1 Å². The summed E-state index contributed by atoms with van der Waals surface area (Å²) >= 11 is 3.27. The molecule has 1 aromatic rings. The molecule has 0 N–H and O–H groups in total. The third-order valence-corrected chi connectivity index (χ3v) is 3.05. The van der Waals surface area contributed by atoms with Crippen molar-refractivity contribution in [3.05, 3.63) is 34.3 Å². The molecule has 0 unspecified atom stereocenters. The van der Waals surface area contributed by atoms with Crippen molar-refractivity contribution in [1.82, 2.24) is 0 Å². The first-order chi connectivity index (χ1) is 8.27. The third-order valence-electron chi connectivity index (χ3n) is 2.52. The summed E-state index contributed by atoms with van der Waals surface area (Å²) < 4.78 is 0.842. The second kappa shape index (κ2) is 5.45. The molecule has 0 aliphatic rings. The van der Waals surface area contributed by atoms with Crippen LogP contribution in [-0.4, -0.2) is 11.6 Å². The van der Waals surface area contributed by atoms with Crippen LogP contribution < -0.4 is 0 Å². The smallest absolute Gasteiger partial charge is 0.187 e. The highest BCUT2D eigenvalue weighted by molar-refractivity contribution is 9.10. The molecule has 1 atom stereocenters. The molecule has 0 amide bonds. The van der Waals surface area contributed by atoms with Crippen LogP contribution in [0.25, 0.3) is 0 Å². The first-order valence-electron chi connectivity index (χ1n) is 5.51. The Morgan fingerprint density at radius 2 is 1.72 bits per heavy atom. The van der Waals surface area contributed by atoms with Crippen molar-refractivity contribution in [3.8, 4) is 6.07 Å². The van der Waals surface area contributed by atoms with E-state index in [1.54, 1.807) is 45.0 Å². The molecule has 4 heteroatoms. The number of carbonyl (C=O) groups excluding carboxylic acids is 2. The van der Waals surface area contributed by atoms with Crippen molar-refractivity contribution in [2.45, 2.75) is 20.8 Å². The molecule has 0 saturated carbocycles. The summed E-state index contributed by atoms with van der Waals surface area (Å²) in [7, 11) is 0. The summed E-state index contributed by atoms with van der Waals surface area (Å²) in [6.45, 7) is 5.11. The molecule has 3 nitrogen and oxygen atoms in total. The zero-order valence-electron chi connectivity index (χ0n) is 10.5. The van der Waals surface area contributed by atoms with E-state index in [2.05, 4.69) is 15.9 Å². The van der Waals surface area contributed by atoms with Crippen LogP contribution in [0.2, 0.25) is 0 Å². The first kappa shape index (κ1) is 14.6. The first-order valence-corrected chi connectivity index (χ1v) is 6.30. The molecule has 1 rings (SSSR count). The molecule has 0 aliphatic carbocycles. The Bertz CT molecular complexity index is 506. The van der Waals surface area contributed by atoms with Gasteiger partial charge in [-0.15, -0.1) is 0 Å². The van der Waals surface area contributed by atoms with E-state index in [0.29, 0.717) is 5.56 Å². The number of hydrogen-bond acceptors (Lipinski definition) is 3. The summed E-state index contributed by atoms with van der Waals surface area (Å²) in [6.07, 6.45) is 0.